The molecule has 2 rings (SSSR count). The summed E-state index contributed by atoms with van der Waals surface area (Å²) in [5.74, 6) is 1.64. The predicted octanol–water partition coefficient (Wildman–Crippen LogP) is 2.61. The minimum absolute atomic E-state index is 0.732. The van der Waals surface area contributed by atoms with Crippen molar-refractivity contribution in [1.82, 2.24) is 0 Å². The fourth-order valence-electron chi connectivity index (χ4n) is 2.77. The van der Waals surface area contributed by atoms with Crippen molar-refractivity contribution in [2.45, 2.75) is 38.6 Å². The molecule has 2 N–H and O–H groups in total. The molecule has 0 atom stereocenters. The second kappa shape index (κ2) is 7.95. The van der Waals surface area contributed by atoms with Gasteiger partial charge in [-0.25, -0.2) is 0 Å². The molecule has 1 fully saturated rings. The van der Waals surface area contributed by atoms with Crippen LogP contribution in [0, 0.1) is 0 Å². The van der Waals surface area contributed by atoms with Gasteiger partial charge in [-0.1, -0.05) is 18.2 Å². The van der Waals surface area contributed by atoms with E-state index in [1.54, 1.807) is 7.11 Å². The maximum atomic E-state index is 5.84. The molecule has 0 bridgehead atoms. The van der Waals surface area contributed by atoms with Gasteiger partial charge in [0.1, 0.15) is 13.2 Å². The molecular formula is C17H26NO2+. The summed E-state index contributed by atoms with van der Waals surface area (Å²) in [6, 6.07) is 6.87. The van der Waals surface area contributed by atoms with Crippen molar-refractivity contribution >= 4 is 6.08 Å². The molecule has 110 valence electrons. The van der Waals surface area contributed by atoms with Crippen molar-refractivity contribution < 1.29 is 14.8 Å². The Bertz CT molecular complexity index is 437. The van der Waals surface area contributed by atoms with E-state index in [0.29, 0.717) is 0 Å². The Balaban J connectivity index is 1.82. The molecule has 0 aromatic heterocycles. The van der Waals surface area contributed by atoms with E-state index in [1.165, 1.54) is 25.7 Å². The van der Waals surface area contributed by atoms with Crippen molar-refractivity contribution in [3.05, 3.63) is 29.8 Å². The van der Waals surface area contributed by atoms with Gasteiger partial charge in [0.2, 0.25) is 0 Å². The topological polar surface area (TPSA) is 35.1 Å². The first-order valence-electron chi connectivity index (χ1n) is 7.60. The van der Waals surface area contributed by atoms with Crippen molar-refractivity contribution in [1.29, 1.82) is 0 Å². The first kappa shape index (κ1) is 14.9. The molecule has 1 aromatic carbocycles. The highest BCUT2D eigenvalue weighted by Crippen LogP contribution is 2.28. The lowest BCUT2D eigenvalue weighted by Gasteiger charge is -2.12. The van der Waals surface area contributed by atoms with E-state index in [0.717, 1.165) is 36.3 Å². The van der Waals surface area contributed by atoms with Gasteiger partial charge in [-0.2, -0.15) is 0 Å². The molecule has 1 aliphatic carbocycles. The average Bonchev–Trinajstić information content (AvgIpc) is 2.98. The monoisotopic (exact) mass is 276 g/mol. The van der Waals surface area contributed by atoms with Crippen LogP contribution < -0.4 is 14.8 Å². The van der Waals surface area contributed by atoms with Crippen LogP contribution in [0.25, 0.3) is 6.08 Å². The van der Waals surface area contributed by atoms with Gasteiger partial charge in [-0.3, -0.25) is 0 Å². The SMILES string of the molecule is C/C=C/c1ccc(OCC[NH2+]C2CCCC2)c(OC)c1. The van der Waals surface area contributed by atoms with Crippen LogP contribution in [0.15, 0.2) is 24.3 Å². The standard InChI is InChI=1S/C17H25NO2/c1-3-6-14-9-10-16(17(13-14)19-2)20-12-11-18-15-7-4-5-8-15/h3,6,9-10,13,15,18H,4-5,7-8,11-12H2,1-2H3/p+1/b6-3+. The number of benzene rings is 1. The number of ether oxygens (including phenoxy) is 2. The summed E-state index contributed by atoms with van der Waals surface area (Å²) < 4.78 is 11.2. The molecule has 3 nitrogen and oxygen atoms in total. The molecule has 0 saturated heterocycles. The quantitative estimate of drug-likeness (QED) is 0.777. The Morgan fingerprint density at radius 1 is 1.25 bits per heavy atom. The Morgan fingerprint density at radius 3 is 2.75 bits per heavy atom. The number of hydrogen-bond acceptors (Lipinski definition) is 2. The summed E-state index contributed by atoms with van der Waals surface area (Å²) in [6.45, 7) is 3.76. The lowest BCUT2D eigenvalue weighted by molar-refractivity contribution is -0.688. The normalized spacial score (nSPS) is 15.9. The molecule has 0 spiro atoms. The van der Waals surface area contributed by atoms with Crippen LogP contribution in [0.4, 0.5) is 0 Å². The molecule has 1 saturated carbocycles. The highest BCUT2D eigenvalue weighted by Gasteiger charge is 2.17. The van der Waals surface area contributed by atoms with Crippen molar-refractivity contribution in [3.63, 3.8) is 0 Å². The van der Waals surface area contributed by atoms with E-state index < -0.39 is 0 Å². The predicted molar refractivity (Wildman–Crippen MR) is 82.2 cm³/mol. The van der Waals surface area contributed by atoms with Crippen LogP contribution in [0.2, 0.25) is 0 Å². The fourth-order valence-corrected chi connectivity index (χ4v) is 2.77. The van der Waals surface area contributed by atoms with Gasteiger partial charge in [0.15, 0.2) is 11.5 Å². The number of rotatable bonds is 7. The molecule has 0 heterocycles. The number of quaternary nitrogens is 1. The summed E-state index contributed by atoms with van der Waals surface area (Å²) >= 11 is 0. The van der Waals surface area contributed by atoms with Crippen LogP contribution in [-0.4, -0.2) is 26.3 Å². The third-order valence-electron chi connectivity index (χ3n) is 3.82. The van der Waals surface area contributed by atoms with Gasteiger partial charge in [0, 0.05) is 0 Å². The van der Waals surface area contributed by atoms with Gasteiger partial charge in [-0.05, 0) is 50.3 Å². The summed E-state index contributed by atoms with van der Waals surface area (Å²) in [5.41, 5.74) is 1.13. The number of nitrogens with two attached hydrogens (primary N) is 1. The molecule has 0 aliphatic heterocycles. The molecule has 20 heavy (non-hydrogen) atoms. The zero-order valence-electron chi connectivity index (χ0n) is 12.6. The number of hydrogen-bond donors (Lipinski definition) is 1. The smallest absolute Gasteiger partial charge is 0.161 e. The first-order chi connectivity index (χ1) is 9.83. The maximum Gasteiger partial charge on any atom is 0.161 e. The molecule has 1 aromatic rings. The molecular weight excluding hydrogens is 250 g/mol. The van der Waals surface area contributed by atoms with E-state index in [9.17, 15) is 0 Å². The zero-order valence-corrected chi connectivity index (χ0v) is 12.6. The minimum Gasteiger partial charge on any atom is -0.493 e. The maximum absolute atomic E-state index is 5.84. The van der Waals surface area contributed by atoms with Gasteiger partial charge in [0.25, 0.3) is 0 Å². The van der Waals surface area contributed by atoms with E-state index in [4.69, 9.17) is 9.47 Å². The third-order valence-corrected chi connectivity index (χ3v) is 3.82. The zero-order chi connectivity index (χ0) is 14.2. The molecule has 3 heteroatoms. The summed E-state index contributed by atoms with van der Waals surface area (Å²) in [5, 5.41) is 2.42. The molecule has 0 unspecified atom stereocenters. The fraction of sp³-hybridized carbons (Fsp3) is 0.529. The lowest BCUT2D eigenvalue weighted by Crippen LogP contribution is -2.90. The molecule has 0 radical (unpaired) electrons. The molecule has 1 aliphatic rings. The average molecular weight is 276 g/mol. The van der Waals surface area contributed by atoms with Gasteiger partial charge in [-0.15, -0.1) is 0 Å². The van der Waals surface area contributed by atoms with Gasteiger partial charge >= 0.3 is 0 Å². The van der Waals surface area contributed by atoms with Gasteiger partial charge < -0.3 is 14.8 Å². The lowest BCUT2D eigenvalue weighted by atomic mass is 10.2. The molecule has 0 amide bonds. The van der Waals surface area contributed by atoms with E-state index >= 15 is 0 Å². The highest BCUT2D eigenvalue weighted by atomic mass is 16.5. The Morgan fingerprint density at radius 2 is 2.05 bits per heavy atom. The van der Waals surface area contributed by atoms with E-state index in [-0.39, 0.29) is 0 Å². The van der Waals surface area contributed by atoms with Crippen molar-refractivity contribution in [2.24, 2.45) is 0 Å². The second-order valence-electron chi connectivity index (χ2n) is 5.33. The Labute approximate surface area is 122 Å². The Hall–Kier alpha value is -1.48. The van der Waals surface area contributed by atoms with Crippen molar-refractivity contribution in [3.8, 4) is 11.5 Å². The minimum atomic E-state index is 0.732. The first-order valence-corrected chi connectivity index (χ1v) is 7.60. The Kier molecular flexibility index (Phi) is 5.93. The summed E-state index contributed by atoms with van der Waals surface area (Å²) in [7, 11) is 1.69. The van der Waals surface area contributed by atoms with Crippen LogP contribution in [0.5, 0.6) is 11.5 Å². The number of allylic oxidation sites excluding steroid dienone is 1. The largest absolute Gasteiger partial charge is 0.493 e. The van der Waals surface area contributed by atoms with Crippen LogP contribution in [0.3, 0.4) is 0 Å². The van der Waals surface area contributed by atoms with Crippen LogP contribution in [0.1, 0.15) is 38.2 Å². The van der Waals surface area contributed by atoms with Crippen molar-refractivity contribution in [2.75, 3.05) is 20.3 Å². The second-order valence-corrected chi connectivity index (χ2v) is 5.33. The number of methoxy groups -OCH3 is 1. The van der Waals surface area contributed by atoms with E-state index in [1.807, 2.05) is 25.1 Å². The summed E-state index contributed by atoms with van der Waals surface area (Å²) in [4.78, 5) is 0. The van der Waals surface area contributed by atoms with Crippen LogP contribution >= 0.6 is 0 Å². The summed E-state index contributed by atoms with van der Waals surface area (Å²) in [6.07, 6.45) is 9.58. The van der Waals surface area contributed by atoms with E-state index in [2.05, 4.69) is 17.5 Å². The third kappa shape index (κ3) is 4.27. The van der Waals surface area contributed by atoms with Gasteiger partial charge in [0.05, 0.1) is 13.2 Å². The van der Waals surface area contributed by atoms with Crippen LogP contribution in [-0.2, 0) is 0 Å². The highest BCUT2D eigenvalue weighted by molar-refractivity contribution is 5.55.